The van der Waals surface area contributed by atoms with Gasteiger partial charge in [-0.2, -0.15) is 0 Å². The number of allylic oxidation sites excluding steroid dienone is 6. The smallest absolute Gasteiger partial charge is 0.329 e. The lowest BCUT2D eigenvalue weighted by Crippen LogP contribution is -2.61. The fourth-order valence-electron chi connectivity index (χ4n) is 10.7. The number of carbonyl (C=O) groups is 6. The number of carbonyl (C=O) groups excluding carboxylic acids is 6. The van der Waals surface area contributed by atoms with Crippen LogP contribution in [-0.2, 0) is 57.2 Å². The molecule has 412 valence electrons. The van der Waals surface area contributed by atoms with Crippen LogP contribution >= 0.6 is 0 Å². The zero-order chi connectivity index (χ0) is 54.4. The number of hydrogen-bond donors (Lipinski definition) is 4. The van der Waals surface area contributed by atoms with Crippen molar-refractivity contribution in [1.29, 1.82) is 0 Å². The molecule has 17 heteroatoms. The molecule has 0 radical (unpaired) electrons. The Kier molecular flexibility index (Phi) is 23.9. The summed E-state index contributed by atoms with van der Waals surface area (Å²) in [5.74, 6) is -9.36. The summed E-state index contributed by atoms with van der Waals surface area (Å²) in [6.07, 6.45) is 9.76. The van der Waals surface area contributed by atoms with E-state index in [4.69, 9.17) is 28.4 Å². The first kappa shape index (κ1) is 61.6. The molecule has 73 heavy (non-hydrogen) atoms. The van der Waals surface area contributed by atoms with Crippen molar-refractivity contribution < 1.29 is 77.6 Å². The number of esters is 2. The Morgan fingerprint density at radius 1 is 0.863 bits per heavy atom. The summed E-state index contributed by atoms with van der Waals surface area (Å²) in [7, 11) is 4.43. The molecule has 1 unspecified atom stereocenters. The lowest BCUT2D eigenvalue weighted by atomic mass is 9.78. The second-order valence-electron chi connectivity index (χ2n) is 21.8. The molecule has 3 aliphatic heterocycles. The van der Waals surface area contributed by atoms with E-state index in [0.717, 1.165) is 10.5 Å². The molecule has 15 atom stereocenters. The van der Waals surface area contributed by atoms with Gasteiger partial charge >= 0.3 is 11.9 Å². The van der Waals surface area contributed by atoms with E-state index < -0.39 is 120 Å². The number of ketones is 3. The molecule has 2 bridgehead atoms. The molecule has 0 aromatic rings. The number of methoxy groups -OCH3 is 3. The van der Waals surface area contributed by atoms with Gasteiger partial charge in [-0.3, -0.25) is 24.0 Å². The average molecular weight is 1030 g/mol. The summed E-state index contributed by atoms with van der Waals surface area (Å²) in [4.78, 5) is 85.4. The first-order chi connectivity index (χ1) is 34.5. The molecule has 3 fully saturated rings. The van der Waals surface area contributed by atoms with Crippen molar-refractivity contribution in [2.24, 2.45) is 40.9 Å². The van der Waals surface area contributed by atoms with Crippen LogP contribution in [0.3, 0.4) is 0 Å². The van der Waals surface area contributed by atoms with Gasteiger partial charge in [0.05, 0.1) is 31.5 Å². The largest absolute Gasteiger partial charge is 0.460 e. The van der Waals surface area contributed by atoms with Gasteiger partial charge < -0.3 is 53.7 Å². The van der Waals surface area contributed by atoms with Crippen LogP contribution in [0.4, 0.5) is 0 Å². The maximum atomic E-state index is 14.5. The third-order valence-electron chi connectivity index (χ3n) is 15.9. The highest BCUT2D eigenvalue weighted by Crippen LogP contribution is 2.38. The number of cyclic esters (lactones) is 1. The van der Waals surface area contributed by atoms with E-state index in [1.54, 1.807) is 40.9 Å². The van der Waals surface area contributed by atoms with Gasteiger partial charge in [-0.15, -0.1) is 0 Å². The van der Waals surface area contributed by atoms with Crippen LogP contribution in [0.5, 0.6) is 0 Å². The highest BCUT2D eigenvalue weighted by atomic mass is 16.6. The zero-order valence-electron chi connectivity index (χ0n) is 45.3. The van der Waals surface area contributed by atoms with Crippen molar-refractivity contribution >= 4 is 35.2 Å². The van der Waals surface area contributed by atoms with Crippen molar-refractivity contribution in [3.05, 3.63) is 47.6 Å². The second kappa shape index (κ2) is 28.3. The van der Waals surface area contributed by atoms with E-state index >= 15 is 0 Å². The molecule has 1 aliphatic carbocycles. The van der Waals surface area contributed by atoms with Crippen LogP contribution in [0.1, 0.15) is 132 Å². The lowest BCUT2D eigenvalue weighted by molar-refractivity contribution is -0.265. The van der Waals surface area contributed by atoms with Gasteiger partial charge in [0.2, 0.25) is 5.79 Å². The monoisotopic (exact) mass is 1030 g/mol. The Morgan fingerprint density at radius 2 is 1.56 bits per heavy atom. The third kappa shape index (κ3) is 16.0. The van der Waals surface area contributed by atoms with Crippen LogP contribution in [0.2, 0.25) is 0 Å². The predicted molar refractivity (Wildman–Crippen MR) is 271 cm³/mol. The summed E-state index contributed by atoms with van der Waals surface area (Å²) >= 11 is 0. The minimum atomic E-state index is -2.47. The van der Waals surface area contributed by atoms with E-state index in [1.807, 2.05) is 51.2 Å². The molecule has 0 aromatic carbocycles. The van der Waals surface area contributed by atoms with Crippen molar-refractivity contribution in [1.82, 2.24) is 4.90 Å². The van der Waals surface area contributed by atoms with Crippen LogP contribution in [0.15, 0.2) is 47.6 Å². The van der Waals surface area contributed by atoms with E-state index in [0.29, 0.717) is 69.8 Å². The molecular weight excluding hydrogens is 943 g/mol. The molecule has 4 N–H and O–H groups in total. The molecule has 1 saturated carbocycles. The Morgan fingerprint density at radius 3 is 2.21 bits per heavy atom. The second-order valence-corrected chi connectivity index (χ2v) is 21.8. The Balaban J connectivity index is 1.69. The van der Waals surface area contributed by atoms with Gasteiger partial charge in [-0.05, 0) is 114 Å². The number of piperidine rings is 1. The van der Waals surface area contributed by atoms with E-state index in [-0.39, 0.29) is 42.8 Å². The Hall–Kier alpha value is -3.94. The summed E-state index contributed by atoms with van der Waals surface area (Å²) in [6, 6.07) is -1.20. The van der Waals surface area contributed by atoms with Gasteiger partial charge in [0.15, 0.2) is 5.78 Å². The highest BCUT2D eigenvalue weighted by Gasteiger charge is 2.53. The maximum Gasteiger partial charge on any atom is 0.329 e. The van der Waals surface area contributed by atoms with Crippen LogP contribution < -0.4 is 0 Å². The molecule has 1 amide bonds. The molecule has 4 rings (SSSR count). The van der Waals surface area contributed by atoms with Crippen molar-refractivity contribution in [3.63, 3.8) is 0 Å². The molecule has 4 aliphatic rings. The topological polar surface area (TPSA) is 242 Å². The van der Waals surface area contributed by atoms with Gasteiger partial charge in [-0.1, -0.05) is 71.1 Å². The summed E-state index contributed by atoms with van der Waals surface area (Å²) in [6.45, 7) is 12.7. The van der Waals surface area contributed by atoms with Gasteiger partial charge in [0.25, 0.3) is 11.7 Å². The van der Waals surface area contributed by atoms with E-state index in [1.165, 1.54) is 21.1 Å². The summed E-state index contributed by atoms with van der Waals surface area (Å²) in [5.41, 5.74) is -0.277. The minimum absolute atomic E-state index is 0.00697. The number of amides is 1. The number of aliphatic hydroxyl groups is 4. The van der Waals surface area contributed by atoms with Crippen LogP contribution in [0, 0.1) is 40.9 Å². The van der Waals surface area contributed by atoms with Gasteiger partial charge in [0, 0.05) is 58.5 Å². The number of aliphatic hydroxyl groups excluding tert-OH is 3. The van der Waals surface area contributed by atoms with Crippen molar-refractivity contribution in [2.45, 2.75) is 187 Å². The Bertz CT molecular complexity index is 2010. The zero-order valence-corrected chi connectivity index (χ0v) is 45.3. The van der Waals surface area contributed by atoms with E-state index in [9.17, 15) is 49.2 Å². The normalized spacial score (nSPS) is 36.3. The molecular formula is C56H87NO16. The Labute approximate surface area is 433 Å². The van der Waals surface area contributed by atoms with Crippen molar-refractivity contribution in [3.8, 4) is 0 Å². The quantitative estimate of drug-likeness (QED) is 0.116. The lowest BCUT2D eigenvalue weighted by Gasteiger charge is -2.42. The van der Waals surface area contributed by atoms with Gasteiger partial charge in [0.1, 0.15) is 41.7 Å². The number of Topliss-reactive ketones (excluding diaryl/α,β-unsaturated/α-hetero) is 3. The molecule has 17 nitrogen and oxygen atoms in total. The standard InChI is InChI=1S/C56H87NO16/c1-33-17-13-12-14-18-34(2)45(68-9)29-41-22-20-39(7)56(67,73-41)51(63)52(64)57-24-16-15-19-42(57)53(65)71-46(30-43(60)35(3)26-38(6)49(62)50(70-11)48(61)37(5)25-33)36(4)27-40-21-23-44(47(28-40)69-10)72-54(66)55(8,31-58)32-59/h12-14,17-18,26,33,35-37,39-42,44-47,49-50,58-59,62,67H,15-16,19-25,27-32H2,1-11H3/b14-12?,17-13+,34-18?,38-26+/t33-,35-,36-,37-,39-,40+,41?,42+,44-,45+,46+,47-,49-,50+,56-/m1/s1. The summed E-state index contributed by atoms with van der Waals surface area (Å²) < 4.78 is 35.4. The molecule has 3 heterocycles. The maximum absolute atomic E-state index is 14.5. The SMILES string of the molecule is CO[C@H]1CC2CC[C@@H](C)[C@@](O)(O2)C(=O)C(=O)N2CCCC[C@H]2C(=O)O[C@H]([C@H](C)C[C@@H]2CC[C@@H](OC(=O)C(C)(CO)CO)[C@H](OC)C2)CC(=O)[C@H](C)/C=C(\C)[C@@H](O)[C@@H](OC)C(=O)[C@H](C)C[C@H](C)/C=C/C=CC=C1C. The van der Waals surface area contributed by atoms with Gasteiger partial charge in [-0.25, -0.2) is 4.79 Å². The third-order valence-corrected chi connectivity index (χ3v) is 15.9. The fraction of sp³-hybridized carbons (Fsp3) is 0.750. The minimum Gasteiger partial charge on any atom is -0.460 e. The fourth-order valence-corrected chi connectivity index (χ4v) is 10.7. The number of rotatable bonds is 10. The van der Waals surface area contributed by atoms with E-state index in [2.05, 4.69) is 0 Å². The molecule has 0 aromatic heterocycles. The highest BCUT2D eigenvalue weighted by molar-refractivity contribution is 6.39. The molecule has 0 spiro atoms. The average Bonchev–Trinajstić information content (AvgIpc) is 3.37. The first-order valence-corrected chi connectivity index (χ1v) is 26.4. The number of ether oxygens (including phenoxy) is 6. The first-order valence-electron chi connectivity index (χ1n) is 26.4. The number of nitrogens with zero attached hydrogens (tertiary/aromatic N) is 1. The number of hydrogen-bond acceptors (Lipinski definition) is 16. The molecule has 2 saturated heterocycles. The predicted octanol–water partition coefficient (Wildman–Crippen LogP) is 5.72. The number of fused-ring (bicyclic) bond motifs is 3. The van der Waals surface area contributed by atoms with Crippen LogP contribution in [0.25, 0.3) is 0 Å². The van der Waals surface area contributed by atoms with Crippen LogP contribution in [-0.4, -0.2) is 156 Å². The van der Waals surface area contributed by atoms with Crippen molar-refractivity contribution in [2.75, 3.05) is 41.1 Å². The summed E-state index contributed by atoms with van der Waals surface area (Å²) in [5, 5.41) is 43.1.